The molecule has 0 aliphatic heterocycles. The highest BCUT2D eigenvalue weighted by Crippen LogP contribution is 2.17. The lowest BCUT2D eigenvalue weighted by Gasteiger charge is -2.18. The minimum atomic E-state index is -0.775. The van der Waals surface area contributed by atoms with Crippen LogP contribution in [0.1, 0.15) is 323 Å². The van der Waals surface area contributed by atoms with Crippen LogP contribution in [0.5, 0.6) is 0 Å². The molecule has 0 aromatic rings. The van der Waals surface area contributed by atoms with Crippen molar-refractivity contribution in [3.05, 3.63) is 24.3 Å². The number of esters is 3. The molecule has 0 aromatic heterocycles. The molecule has 6 nitrogen and oxygen atoms in total. The largest absolute Gasteiger partial charge is 0.462 e. The Morgan fingerprint density at radius 1 is 0.288 bits per heavy atom. The summed E-state index contributed by atoms with van der Waals surface area (Å²) in [7, 11) is 0. The average molecular weight is 930 g/mol. The van der Waals surface area contributed by atoms with Crippen molar-refractivity contribution in [3.8, 4) is 0 Å². The van der Waals surface area contributed by atoms with Crippen LogP contribution >= 0.6 is 0 Å². The molecule has 1 unspecified atom stereocenters. The van der Waals surface area contributed by atoms with E-state index in [4.69, 9.17) is 14.2 Å². The first-order chi connectivity index (χ1) is 32.5. The summed E-state index contributed by atoms with van der Waals surface area (Å²) in [5, 5.41) is 0. The Balaban J connectivity index is 4.29. The molecule has 0 saturated heterocycles. The fourth-order valence-electron chi connectivity index (χ4n) is 8.73. The van der Waals surface area contributed by atoms with Crippen molar-refractivity contribution in [1.29, 1.82) is 0 Å². The summed E-state index contributed by atoms with van der Waals surface area (Å²) in [5.41, 5.74) is 0. The molecule has 0 amide bonds. The van der Waals surface area contributed by atoms with E-state index in [1.807, 2.05) is 0 Å². The highest BCUT2D eigenvalue weighted by atomic mass is 16.6. The standard InChI is InChI=1S/C60H112O6/c1-4-7-10-13-16-19-22-25-27-29-30-31-32-34-35-38-41-44-47-50-53-59(62)65-56-57(55-64-58(61)52-49-46-43-40-37-24-21-18-15-12-9-6-3)66-60(63)54-51-48-45-42-39-36-33-28-26-23-20-17-14-11-8-5-2/h18,21,28,33,57H,4-17,19-20,22-27,29-32,34-56H2,1-3H3/b21-18-,33-28-. The number of ether oxygens (including phenoxy) is 3. The Morgan fingerprint density at radius 2 is 0.500 bits per heavy atom. The van der Waals surface area contributed by atoms with Crippen LogP contribution in [0.2, 0.25) is 0 Å². The molecule has 0 radical (unpaired) electrons. The van der Waals surface area contributed by atoms with Gasteiger partial charge in [0.2, 0.25) is 0 Å². The van der Waals surface area contributed by atoms with Crippen molar-refractivity contribution >= 4 is 17.9 Å². The van der Waals surface area contributed by atoms with Crippen molar-refractivity contribution in [1.82, 2.24) is 0 Å². The van der Waals surface area contributed by atoms with Crippen LogP contribution < -0.4 is 0 Å². The monoisotopic (exact) mass is 929 g/mol. The lowest BCUT2D eigenvalue weighted by molar-refractivity contribution is -0.167. The number of carbonyl (C=O) groups excluding carboxylic acids is 3. The molecule has 0 bridgehead atoms. The lowest BCUT2D eigenvalue weighted by Crippen LogP contribution is -2.30. The van der Waals surface area contributed by atoms with Gasteiger partial charge in [-0.3, -0.25) is 14.4 Å². The number of allylic oxidation sites excluding steroid dienone is 4. The maximum atomic E-state index is 12.8. The molecule has 0 aromatic carbocycles. The van der Waals surface area contributed by atoms with Crippen LogP contribution in [0.4, 0.5) is 0 Å². The van der Waals surface area contributed by atoms with Gasteiger partial charge in [0.25, 0.3) is 0 Å². The van der Waals surface area contributed by atoms with Crippen LogP contribution in [0.25, 0.3) is 0 Å². The van der Waals surface area contributed by atoms with Gasteiger partial charge in [-0.2, -0.15) is 0 Å². The highest BCUT2D eigenvalue weighted by Gasteiger charge is 2.19. The van der Waals surface area contributed by atoms with E-state index in [1.165, 1.54) is 212 Å². The summed E-state index contributed by atoms with van der Waals surface area (Å²) in [4.78, 5) is 38.1. The van der Waals surface area contributed by atoms with Gasteiger partial charge in [0, 0.05) is 19.3 Å². The summed E-state index contributed by atoms with van der Waals surface area (Å²) in [6.07, 6.45) is 64.6. The SMILES string of the molecule is CCCCC/C=C\CCCCCCCC(=O)OCC(COC(=O)CCCCCCCCCCCCCCCCCCCCCC)OC(=O)CCCCCCC/C=C\CCCCCCCCC. The zero-order valence-electron chi connectivity index (χ0n) is 44.5. The summed E-state index contributed by atoms with van der Waals surface area (Å²) in [6, 6.07) is 0. The van der Waals surface area contributed by atoms with Crippen LogP contribution in [0, 0.1) is 0 Å². The predicted molar refractivity (Wildman–Crippen MR) is 284 cm³/mol. The number of rotatable bonds is 54. The molecule has 0 heterocycles. The molecule has 66 heavy (non-hydrogen) atoms. The van der Waals surface area contributed by atoms with E-state index in [0.29, 0.717) is 19.3 Å². The van der Waals surface area contributed by atoms with Crippen molar-refractivity contribution in [2.45, 2.75) is 329 Å². The second kappa shape index (κ2) is 55.5. The average Bonchev–Trinajstić information content (AvgIpc) is 3.31. The summed E-state index contributed by atoms with van der Waals surface area (Å²) < 4.78 is 16.9. The zero-order valence-corrected chi connectivity index (χ0v) is 44.5. The second-order valence-electron chi connectivity index (χ2n) is 19.9. The summed E-state index contributed by atoms with van der Waals surface area (Å²) >= 11 is 0. The number of unbranched alkanes of at least 4 members (excludes halogenated alkanes) is 39. The summed E-state index contributed by atoms with van der Waals surface area (Å²) in [6.45, 7) is 6.65. The molecule has 6 heteroatoms. The molecule has 0 aliphatic rings. The fraction of sp³-hybridized carbons (Fsp3) is 0.883. The van der Waals surface area contributed by atoms with Gasteiger partial charge < -0.3 is 14.2 Å². The minimum absolute atomic E-state index is 0.0728. The maximum Gasteiger partial charge on any atom is 0.306 e. The Kier molecular flexibility index (Phi) is 53.7. The first-order valence-corrected chi connectivity index (χ1v) is 29.3. The second-order valence-corrected chi connectivity index (χ2v) is 19.9. The van der Waals surface area contributed by atoms with Crippen molar-refractivity contribution in [3.63, 3.8) is 0 Å². The van der Waals surface area contributed by atoms with E-state index in [0.717, 1.165) is 70.6 Å². The Labute approximate surface area is 411 Å². The molecule has 0 fully saturated rings. The maximum absolute atomic E-state index is 12.8. The van der Waals surface area contributed by atoms with E-state index >= 15 is 0 Å². The molecular weight excluding hydrogens is 817 g/mol. The molecule has 1 atom stereocenters. The van der Waals surface area contributed by atoms with E-state index < -0.39 is 6.10 Å². The number of carbonyl (C=O) groups is 3. The van der Waals surface area contributed by atoms with Crippen molar-refractivity contribution in [2.24, 2.45) is 0 Å². The van der Waals surface area contributed by atoms with E-state index in [9.17, 15) is 14.4 Å². The van der Waals surface area contributed by atoms with Gasteiger partial charge in [-0.05, 0) is 70.6 Å². The van der Waals surface area contributed by atoms with Gasteiger partial charge in [0.15, 0.2) is 6.10 Å². The Bertz CT molecular complexity index is 1070. The fourth-order valence-corrected chi connectivity index (χ4v) is 8.73. The topological polar surface area (TPSA) is 78.9 Å². The molecule has 0 saturated carbocycles. The normalized spacial score (nSPS) is 12.1. The van der Waals surface area contributed by atoms with E-state index in [-0.39, 0.29) is 31.1 Å². The van der Waals surface area contributed by atoms with Crippen LogP contribution in [-0.4, -0.2) is 37.2 Å². The quantitative estimate of drug-likeness (QED) is 0.0262. The van der Waals surface area contributed by atoms with Gasteiger partial charge in [-0.25, -0.2) is 0 Å². The highest BCUT2D eigenvalue weighted by molar-refractivity contribution is 5.71. The van der Waals surface area contributed by atoms with Crippen LogP contribution in [-0.2, 0) is 28.6 Å². The van der Waals surface area contributed by atoms with Gasteiger partial charge >= 0.3 is 17.9 Å². The van der Waals surface area contributed by atoms with Gasteiger partial charge in [-0.1, -0.05) is 257 Å². The minimum Gasteiger partial charge on any atom is -0.462 e. The zero-order chi connectivity index (χ0) is 47.9. The smallest absolute Gasteiger partial charge is 0.306 e. The van der Waals surface area contributed by atoms with Crippen molar-refractivity contribution < 1.29 is 28.6 Å². The van der Waals surface area contributed by atoms with Crippen LogP contribution in [0.15, 0.2) is 24.3 Å². The van der Waals surface area contributed by atoms with Gasteiger partial charge in [0.1, 0.15) is 13.2 Å². The molecule has 0 spiro atoms. The molecule has 0 rings (SSSR count). The van der Waals surface area contributed by atoms with E-state index in [1.54, 1.807) is 0 Å². The molecular formula is C60H112O6. The molecule has 388 valence electrons. The third-order valence-electron chi connectivity index (χ3n) is 13.2. The number of hydrogen-bond donors (Lipinski definition) is 0. The van der Waals surface area contributed by atoms with Gasteiger partial charge in [-0.15, -0.1) is 0 Å². The van der Waals surface area contributed by atoms with E-state index in [2.05, 4.69) is 45.1 Å². The van der Waals surface area contributed by atoms with Crippen LogP contribution in [0.3, 0.4) is 0 Å². The molecule has 0 aliphatic carbocycles. The van der Waals surface area contributed by atoms with Gasteiger partial charge in [0.05, 0.1) is 0 Å². The Hall–Kier alpha value is -2.11. The lowest BCUT2D eigenvalue weighted by atomic mass is 10.0. The Morgan fingerprint density at radius 3 is 0.788 bits per heavy atom. The molecule has 0 N–H and O–H groups in total. The first kappa shape index (κ1) is 63.9. The third-order valence-corrected chi connectivity index (χ3v) is 13.2. The van der Waals surface area contributed by atoms with Crippen molar-refractivity contribution in [2.75, 3.05) is 13.2 Å². The number of hydrogen-bond acceptors (Lipinski definition) is 6. The third kappa shape index (κ3) is 52.9. The predicted octanol–water partition coefficient (Wildman–Crippen LogP) is 19.5. The first-order valence-electron chi connectivity index (χ1n) is 29.3. The summed E-state index contributed by atoms with van der Waals surface area (Å²) in [5.74, 6) is -0.871.